The minimum absolute atomic E-state index is 0.367. The van der Waals surface area contributed by atoms with E-state index in [-0.39, 0.29) is 5.82 Å². The maximum absolute atomic E-state index is 14.7. The van der Waals surface area contributed by atoms with E-state index >= 15 is 0 Å². The van der Waals surface area contributed by atoms with Crippen molar-refractivity contribution < 1.29 is 9.13 Å². The molecule has 5 nitrogen and oxygen atoms in total. The summed E-state index contributed by atoms with van der Waals surface area (Å²) < 4.78 is 21.8. The molecule has 0 aliphatic heterocycles. The van der Waals surface area contributed by atoms with E-state index in [2.05, 4.69) is 9.97 Å². The number of imidazole rings is 1. The molecule has 0 aliphatic rings. The number of hydrogen-bond acceptors (Lipinski definition) is 4. The van der Waals surface area contributed by atoms with Crippen LogP contribution in [0.2, 0.25) is 0 Å². The molecule has 2 aromatic carbocycles. The van der Waals surface area contributed by atoms with Crippen molar-refractivity contribution in [2.24, 2.45) is 7.05 Å². The average Bonchev–Trinajstić information content (AvgIpc) is 3.06. The summed E-state index contributed by atoms with van der Waals surface area (Å²) in [6.07, 6.45) is 3.24. The van der Waals surface area contributed by atoms with Gasteiger partial charge in [-0.25, -0.2) is 19.3 Å². The third-order valence-corrected chi connectivity index (χ3v) is 4.77. The lowest BCUT2D eigenvalue weighted by atomic mass is 10.1. The molecule has 0 aliphatic carbocycles. The summed E-state index contributed by atoms with van der Waals surface area (Å²) in [7, 11) is 3.49. The molecule has 0 saturated carbocycles. The van der Waals surface area contributed by atoms with Gasteiger partial charge in [0.2, 0.25) is 0 Å². The third kappa shape index (κ3) is 3.45. The quantitative estimate of drug-likeness (QED) is 0.522. The molecule has 6 heteroatoms. The Morgan fingerprint density at radius 3 is 2.57 bits per heavy atom. The van der Waals surface area contributed by atoms with Crippen LogP contribution < -0.4 is 4.74 Å². The van der Waals surface area contributed by atoms with Crippen LogP contribution >= 0.6 is 0 Å². The van der Waals surface area contributed by atoms with Crippen molar-refractivity contribution in [1.82, 2.24) is 19.5 Å². The number of halogens is 1. The van der Waals surface area contributed by atoms with Gasteiger partial charge in [-0.2, -0.15) is 0 Å². The largest absolute Gasteiger partial charge is 0.497 e. The molecule has 0 unspecified atom stereocenters. The van der Waals surface area contributed by atoms with Gasteiger partial charge in [-0.3, -0.25) is 0 Å². The standard InChI is InChI=1S/C22H21FN4O/c1-14-24-18(22-17(23)11-16(28-3)12-19(22)25-14)9-10-21-26-20(13-27(21)2)15-7-5-4-6-8-15/h4-8,11-13H,9-10H2,1-3H3. The van der Waals surface area contributed by atoms with Crippen molar-refractivity contribution in [2.45, 2.75) is 19.8 Å². The number of aryl methyl sites for hydroxylation is 4. The van der Waals surface area contributed by atoms with Crippen molar-refractivity contribution in [1.29, 1.82) is 0 Å². The number of rotatable bonds is 5. The van der Waals surface area contributed by atoms with Crippen molar-refractivity contribution in [3.63, 3.8) is 0 Å². The van der Waals surface area contributed by atoms with Crippen LogP contribution in [-0.4, -0.2) is 26.6 Å². The van der Waals surface area contributed by atoms with Crippen LogP contribution in [0.4, 0.5) is 4.39 Å². The van der Waals surface area contributed by atoms with Crippen LogP contribution in [-0.2, 0) is 19.9 Å². The zero-order valence-electron chi connectivity index (χ0n) is 16.1. The predicted octanol–water partition coefficient (Wildman–Crippen LogP) is 4.27. The van der Waals surface area contributed by atoms with Gasteiger partial charge in [-0.05, 0) is 13.3 Å². The topological polar surface area (TPSA) is 52.8 Å². The Morgan fingerprint density at radius 1 is 1.04 bits per heavy atom. The number of methoxy groups -OCH3 is 1. The average molecular weight is 376 g/mol. The Balaban J connectivity index is 1.65. The van der Waals surface area contributed by atoms with E-state index in [4.69, 9.17) is 9.72 Å². The van der Waals surface area contributed by atoms with Gasteiger partial charge in [0.15, 0.2) is 0 Å². The van der Waals surface area contributed by atoms with Gasteiger partial charge in [0, 0.05) is 37.4 Å². The van der Waals surface area contributed by atoms with Gasteiger partial charge in [0.1, 0.15) is 23.2 Å². The zero-order valence-corrected chi connectivity index (χ0v) is 16.1. The highest BCUT2D eigenvalue weighted by molar-refractivity contribution is 5.83. The maximum atomic E-state index is 14.7. The minimum Gasteiger partial charge on any atom is -0.497 e. The summed E-state index contributed by atoms with van der Waals surface area (Å²) in [6, 6.07) is 13.2. The van der Waals surface area contributed by atoms with Gasteiger partial charge >= 0.3 is 0 Å². The number of fused-ring (bicyclic) bond motifs is 1. The van der Waals surface area contributed by atoms with Gasteiger partial charge in [0.25, 0.3) is 0 Å². The molecule has 0 fully saturated rings. The fraction of sp³-hybridized carbons (Fsp3) is 0.227. The number of nitrogens with zero attached hydrogens (tertiary/aromatic N) is 4. The smallest absolute Gasteiger partial charge is 0.138 e. The second kappa shape index (κ2) is 7.38. The first kappa shape index (κ1) is 18.1. The predicted molar refractivity (Wildman–Crippen MR) is 107 cm³/mol. The Morgan fingerprint density at radius 2 is 1.82 bits per heavy atom. The molecular formula is C22H21FN4O. The Hall–Kier alpha value is -3.28. The van der Waals surface area contributed by atoms with Crippen LogP contribution in [0.15, 0.2) is 48.7 Å². The molecule has 4 rings (SSSR count). The second-order valence-electron chi connectivity index (χ2n) is 6.74. The van der Waals surface area contributed by atoms with Crippen molar-refractivity contribution in [3.8, 4) is 17.0 Å². The molecule has 0 amide bonds. The SMILES string of the molecule is COc1cc(F)c2c(CCc3nc(-c4ccccc4)cn3C)nc(C)nc2c1. The second-order valence-corrected chi connectivity index (χ2v) is 6.74. The van der Waals surface area contributed by atoms with E-state index < -0.39 is 0 Å². The number of ether oxygens (including phenoxy) is 1. The molecular weight excluding hydrogens is 355 g/mol. The van der Waals surface area contributed by atoms with E-state index in [0.29, 0.717) is 41.0 Å². The van der Waals surface area contributed by atoms with Crippen LogP contribution in [0.25, 0.3) is 22.2 Å². The van der Waals surface area contributed by atoms with E-state index in [1.165, 1.54) is 13.2 Å². The van der Waals surface area contributed by atoms with Crippen LogP contribution in [0.1, 0.15) is 17.3 Å². The first-order valence-corrected chi connectivity index (χ1v) is 9.13. The summed E-state index contributed by atoms with van der Waals surface area (Å²) in [6.45, 7) is 1.81. The molecule has 0 radical (unpaired) electrons. The lowest BCUT2D eigenvalue weighted by molar-refractivity contribution is 0.412. The summed E-state index contributed by atoms with van der Waals surface area (Å²) >= 11 is 0. The highest BCUT2D eigenvalue weighted by Crippen LogP contribution is 2.26. The Bertz CT molecular complexity index is 1140. The van der Waals surface area contributed by atoms with Gasteiger partial charge < -0.3 is 9.30 Å². The Labute approximate surface area is 162 Å². The molecule has 0 spiro atoms. The summed E-state index contributed by atoms with van der Waals surface area (Å²) in [5, 5.41) is 0.448. The molecule has 142 valence electrons. The van der Waals surface area contributed by atoms with E-state index in [1.54, 1.807) is 6.07 Å². The van der Waals surface area contributed by atoms with Crippen molar-refractivity contribution >= 4 is 10.9 Å². The van der Waals surface area contributed by atoms with Gasteiger partial charge in [0.05, 0.1) is 29.4 Å². The maximum Gasteiger partial charge on any atom is 0.138 e. The van der Waals surface area contributed by atoms with Crippen LogP contribution in [0.5, 0.6) is 5.75 Å². The highest BCUT2D eigenvalue weighted by Gasteiger charge is 2.14. The normalized spacial score (nSPS) is 11.1. The van der Waals surface area contributed by atoms with E-state index in [0.717, 1.165) is 17.1 Å². The fourth-order valence-electron chi connectivity index (χ4n) is 3.41. The van der Waals surface area contributed by atoms with E-state index in [1.807, 2.05) is 55.1 Å². The molecule has 0 N–H and O–H groups in total. The molecule has 28 heavy (non-hydrogen) atoms. The Kier molecular flexibility index (Phi) is 4.77. The number of aromatic nitrogens is 4. The van der Waals surface area contributed by atoms with Gasteiger partial charge in [-0.15, -0.1) is 0 Å². The first-order chi connectivity index (χ1) is 13.5. The monoisotopic (exact) mass is 376 g/mol. The molecule has 0 bridgehead atoms. The van der Waals surface area contributed by atoms with E-state index in [9.17, 15) is 4.39 Å². The van der Waals surface area contributed by atoms with Crippen LogP contribution in [0, 0.1) is 12.7 Å². The number of hydrogen-bond donors (Lipinski definition) is 0. The molecule has 2 heterocycles. The lowest BCUT2D eigenvalue weighted by Gasteiger charge is -2.09. The molecule has 0 atom stereocenters. The number of benzene rings is 2. The third-order valence-electron chi connectivity index (χ3n) is 4.77. The highest BCUT2D eigenvalue weighted by atomic mass is 19.1. The summed E-state index contributed by atoms with van der Waals surface area (Å²) in [5.41, 5.74) is 3.25. The van der Waals surface area contributed by atoms with Crippen LogP contribution in [0.3, 0.4) is 0 Å². The lowest BCUT2D eigenvalue weighted by Crippen LogP contribution is -2.05. The molecule has 2 aromatic heterocycles. The molecule has 4 aromatic rings. The minimum atomic E-state index is -0.367. The van der Waals surface area contributed by atoms with Crippen molar-refractivity contribution in [3.05, 3.63) is 71.8 Å². The zero-order chi connectivity index (χ0) is 19.7. The summed E-state index contributed by atoms with van der Waals surface area (Å²) in [4.78, 5) is 13.6. The fourth-order valence-corrected chi connectivity index (χ4v) is 3.41. The summed E-state index contributed by atoms with van der Waals surface area (Å²) in [5.74, 6) is 1.62. The first-order valence-electron chi connectivity index (χ1n) is 9.13. The molecule has 0 saturated heterocycles. The van der Waals surface area contributed by atoms with Crippen molar-refractivity contribution in [2.75, 3.05) is 7.11 Å². The van der Waals surface area contributed by atoms with Gasteiger partial charge in [-0.1, -0.05) is 30.3 Å².